The van der Waals surface area contributed by atoms with E-state index in [1.54, 1.807) is 18.3 Å². The second-order valence-corrected chi connectivity index (χ2v) is 6.62. The highest BCUT2D eigenvalue weighted by atomic mass is 16.5. The first-order chi connectivity index (χ1) is 12.2. The molecule has 0 unspecified atom stereocenters. The molecule has 7 heteroatoms. The van der Waals surface area contributed by atoms with Crippen LogP contribution in [0.25, 0.3) is 0 Å². The van der Waals surface area contributed by atoms with Gasteiger partial charge in [-0.15, -0.1) is 0 Å². The third kappa shape index (κ3) is 4.47. The molecule has 0 aromatic carbocycles. The molecule has 1 aromatic rings. The monoisotopic (exact) mass is 343 g/mol. The fraction of sp³-hybridized carbons (Fsp3) is 0.611. The Balaban J connectivity index is 1.56. The molecule has 1 aromatic heterocycles. The van der Waals surface area contributed by atoms with Crippen LogP contribution in [0.2, 0.25) is 0 Å². The van der Waals surface area contributed by atoms with Crippen molar-refractivity contribution in [1.29, 1.82) is 5.26 Å². The number of carbonyl (C=O) groups excluding carboxylic acids is 1. The van der Waals surface area contributed by atoms with E-state index in [0.29, 0.717) is 31.8 Å². The number of hydrogen-bond donors (Lipinski definition) is 0. The van der Waals surface area contributed by atoms with Gasteiger partial charge in [0.2, 0.25) is 5.91 Å². The molecule has 3 heterocycles. The third-order valence-corrected chi connectivity index (χ3v) is 4.75. The van der Waals surface area contributed by atoms with E-state index >= 15 is 0 Å². The number of hydrogen-bond acceptors (Lipinski definition) is 6. The van der Waals surface area contributed by atoms with Crippen LogP contribution in [-0.4, -0.2) is 79.2 Å². The summed E-state index contributed by atoms with van der Waals surface area (Å²) >= 11 is 0. The summed E-state index contributed by atoms with van der Waals surface area (Å²) in [5.74, 6) is 0.930. The topological polar surface area (TPSA) is 72.7 Å². The van der Waals surface area contributed by atoms with Gasteiger partial charge in [0.1, 0.15) is 11.9 Å². The van der Waals surface area contributed by atoms with E-state index in [2.05, 4.69) is 20.9 Å². The SMILES string of the molecule is C[C@H]1CN(C(=O)CN2CCCN(c3ncccc3C#N)CC2)CCO1. The van der Waals surface area contributed by atoms with Crippen molar-refractivity contribution in [2.24, 2.45) is 0 Å². The van der Waals surface area contributed by atoms with Crippen LogP contribution in [0.5, 0.6) is 0 Å². The lowest BCUT2D eigenvalue weighted by Crippen LogP contribution is -2.48. The van der Waals surface area contributed by atoms with Crippen LogP contribution in [0.15, 0.2) is 18.3 Å². The molecule has 0 spiro atoms. The highest BCUT2D eigenvalue weighted by molar-refractivity contribution is 5.78. The molecule has 0 bridgehead atoms. The average molecular weight is 343 g/mol. The first-order valence-electron chi connectivity index (χ1n) is 8.89. The maximum Gasteiger partial charge on any atom is 0.236 e. The Morgan fingerprint density at radius 2 is 2.24 bits per heavy atom. The number of anilines is 1. The average Bonchev–Trinajstić information content (AvgIpc) is 2.87. The van der Waals surface area contributed by atoms with Crippen LogP contribution in [0.4, 0.5) is 5.82 Å². The summed E-state index contributed by atoms with van der Waals surface area (Å²) in [7, 11) is 0. The molecule has 7 nitrogen and oxygen atoms in total. The summed E-state index contributed by atoms with van der Waals surface area (Å²) in [6.07, 6.45) is 2.79. The molecular formula is C18H25N5O2. The van der Waals surface area contributed by atoms with Gasteiger partial charge in [-0.2, -0.15) is 5.26 Å². The van der Waals surface area contributed by atoms with Gasteiger partial charge in [-0.3, -0.25) is 9.69 Å². The second kappa shape index (κ2) is 8.28. The third-order valence-electron chi connectivity index (χ3n) is 4.75. The lowest BCUT2D eigenvalue weighted by Gasteiger charge is -2.32. The van der Waals surface area contributed by atoms with Gasteiger partial charge < -0.3 is 14.5 Å². The van der Waals surface area contributed by atoms with E-state index in [9.17, 15) is 10.1 Å². The van der Waals surface area contributed by atoms with E-state index in [1.165, 1.54) is 0 Å². The predicted octanol–water partition coefficient (Wildman–Crippen LogP) is 0.713. The number of carbonyl (C=O) groups is 1. The molecule has 2 aliphatic heterocycles. The van der Waals surface area contributed by atoms with E-state index in [0.717, 1.165) is 38.4 Å². The molecule has 0 N–H and O–H groups in total. The number of morpholine rings is 1. The second-order valence-electron chi connectivity index (χ2n) is 6.62. The smallest absolute Gasteiger partial charge is 0.236 e. The van der Waals surface area contributed by atoms with Gasteiger partial charge in [0.05, 0.1) is 24.8 Å². The molecule has 1 amide bonds. The predicted molar refractivity (Wildman–Crippen MR) is 94.2 cm³/mol. The highest BCUT2D eigenvalue weighted by Gasteiger charge is 2.24. The van der Waals surface area contributed by atoms with E-state index < -0.39 is 0 Å². The van der Waals surface area contributed by atoms with Crippen molar-refractivity contribution in [2.75, 3.05) is 57.3 Å². The molecule has 2 aliphatic rings. The standard InChI is InChI=1S/C18H25N5O2/c1-15-13-23(10-11-25-15)17(24)14-21-6-3-7-22(9-8-21)18-16(12-19)4-2-5-20-18/h2,4-5,15H,3,6-11,13-14H2,1H3/t15-/m0/s1. The minimum atomic E-state index is 0.117. The summed E-state index contributed by atoms with van der Waals surface area (Å²) in [5, 5.41) is 9.27. The van der Waals surface area contributed by atoms with E-state index in [1.807, 2.05) is 11.8 Å². The molecule has 1 atom stereocenters. The number of ether oxygens (including phenoxy) is 1. The van der Waals surface area contributed by atoms with Crippen LogP contribution >= 0.6 is 0 Å². The summed E-state index contributed by atoms with van der Waals surface area (Å²) in [6.45, 7) is 7.75. The fourth-order valence-electron chi connectivity index (χ4n) is 3.41. The van der Waals surface area contributed by atoms with E-state index in [4.69, 9.17) is 4.74 Å². The molecule has 2 fully saturated rings. The number of pyridine rings is 1. The Bertz CT molecular complexity index is 645. The molecule has 0 saturated carbocycles. The van der Waals surface area contributed by atoms with Gasteiger partial charge >= 0.3 is 0 Å². The normalized spacial score (nSPS) is 22.3. The first-order valence-corrected chi connectivity index (χ1v) is 8.89. The Labute approximate surface area is 148 Å². The molecule has 25 heavy (non-hydrogen) atoms. The minimum Gasteiger partial charge on any atom is -0.375 e. The Kier molecular flexibility index (Phi) is 5.84. The van der Waals surface area contributed by atoms with Crippen molar-refractivity contribution in [3.05, 3.63) is 23.9 Å². The highest BCUT2D eigenvalue weighted by Crippen LogP contribution is 2.18. The summed E-state index contributed by atoms with van der Waals surface area (Å²) in [5.41, 5.74) is 0.606. The number of aromatic nitrogens is 1. The zero-order valence-corrected chi connectivity index (χ0v) is 14.7. The fourth-order valence-corrected chi connectivity index (χ4v) is 3.41. The van der Waals surface area contributed by atoms with Gasteiger partial charge in [-0.25, -0.2) is 4.98 Å². The van der Waals surface area contributed by atoms with Crippen molar-refractivity contribution in [3.63, 3.8) is 0 Å². The number of amides is 1. The molecule has 2 saturated heterocycles. The van der Waals surface area contributed by atoms with Crippen LogP contribution < -0.4 is 4.90 Å². The van der Waals surface area contributed by atoms with Gasteiger partial charge in [0, 0.05) is 45.5 Å². The van der Waals surface area contributed by atoms with Crippen molar-refractivity contribution >= 4 is 11.7 Å². The van der Waals surface area contributed by atoms with Gasteiger partial charge in [-0.05, 0) is 25.5 Å². The zero-order valence-electron chi connectivity index (χ0n) is 14.7. The molecular weight excluding hydrogens is 318 g/mol. The zero-order chi connectivity index (χ0) is 17.6. The lowest BCUT2D eigenvalue weighted by atomic mass is 10.2. The molecule has 0 aliphatic carbocycles. The lowest BCUT2D eigenvalue weighted by molar-refractivity contribution is -0.139. The number of rotatable bonds is 3. The van der Waals surface area contributed by atoms with Crippen LogP contribution in [0.1, 0.15) is 18.9 Å². The first kappa shape index (κ1) is 17.6. The van der Waals surface area contributed by atoms with Crippen molar-refractivity contribution in [3.8, 4) is 6.07 Å². The molecule has 0 radical (unpaired) electrons. The summed E-state index contributed by atoms with van der Waals surface area (Å²) in [4.78, 5) is 23.2. The van der Waals surface area contributed by atoms with Crippen molar-refractivity contribution in [1.82, 2.24) is 14.8 Å². The van der Waals surface area contributed by atoms with Crippen LogP contribution in [0.3, 0.4) is 0 Å². The summed E-state index contributed by atoms with van der Waals surface area (Å²) in [6, 6.07) is 5.80. The Hall–Kier alpha value is -2.17. The summed E-state index contributed by atoms with van der Waals surface area (Å²) < 4.78 is 5.51. The Morgan fingerprint density at radius 1 is 1.36 bits per heavy atom. The van der Waals surface area contributed by atoms with Crippen LogP contribution in [0, 0.1) is 11.3 Å². The van der Waals surface area contributed by atoms with Gasteiger partial charge in [-0.1, -0.05) is 0 Å². The van der Waals surface area contributed by atoms with E-state index in [-0.39, 0.29) is 12.0 Å². The van der Waals surface area contributed by atoms with Gasteiger partial charge in [0.15, 0.2) is 0 Å². The number of nitriles is 1. The van der Waals surface area contributed by atoms with Gasteiger partial charge in [0.25, 0.3) is 0 Å². The Morgan fingerprint density at radius 3 is 3.04 bits per heavy atom. The van der Waals surface area contributed by atoms with Crippen LogP contribution in [-0.2, 0) is 9.53 Å². The maximum absolute atomic E-state index is 12.5. The minimum absolute atomic E-state index is 0.117. The van der Waals surface area contributed by atoms with Crippen molar-refractivity contribution in [2.45, 2.75) is 19.4 Å². The number of nitrogens with zero attached hydrogens (tertiary/aromatic N) is 5. The van der Waals surface area contributed by atoms with Crippen molar-refractivity contribution < 1.29 is 9.53 Å². The molecule has 134 valence electrons. The quantitative estimate of drug-likeness (QED) is 0.805. The maximum atomic E-state index is 12.5. The largest absolute Gasteiger partial charge is 0.375 e. The molecule has 3 rings (SSSR count).